The highest BCUT2D eigenvalue weighted by atomic mass is 32.2. The van der Waals surface area contributed by atoms with Crippen LogP contribution in [0.1, 0.15) is 11.1 Å². The second kappa shape index (κ2) is 7.32. The molecule has 4 nitrogen and oxygen atoms in total. The molecule has 0 saturated heterocycles. The largest absolute Gasteiger partial charge is 0.481 e. The Morgan fingerprint density at radius 3 is 2.30 bits per heavy atom. The van der Waals surface area contributed by atoms with Crippen molar-refractivity contribution in [2.75, 3.05) is 0 Å². The Balaban J connectivity index is 2.04. The number of hydrogen-bond acceptors (Lipinski definition) is 3. The first-order valence-corrected chi connectivity index (χ1v) is 9.68. The molecule has 0 unspecified atom stereocenters. The summed E-state index contributed by atoms with van der Waals surface area (Å²) in [5, 5.41) is 8.91. The van der Waals surface area contributed by atoms with Gasteiger partial charge in [-0.3, -0.25) is 4.79 Å². The van der Waals surface area contributed by atoms with Crippen molar-refractivity contribution in [3.63, 3.8) is 0 Å². The molecule has 0 heterocycles. The Morgan fingerprint density at radius 1 is 0.963 bits per heavy atom. The number of benzene rings is 3. The van der Waals surface area contributed by atoms with Gasteiger partial charge in [0, 0.05) is 0 Å². The molecule has 3 rings (SSSR count). The molecule has 0 amide bonds. The molecule has 0 aromatic heterocycles. The third kappa shape index (κ3) is 4.06. The van der Waals surface area contributed by atoms with Gasteiger partial charge in [-0.25, -0.2) is 12.8 Å². The highest BCUT2D eigenvalue weighted by Crippen LogP contribution is 2.29. The summed E-state index contributed by atoms with van der Waals surface area (Å²) in [7, 11) is -3.82. The predicted molar refractivity (Wildman–Crippen MR) is 99.8 cm³/mol. The molecule has 0 aliphatic heterocycles. The minimum atomic E-state index is -3.82. The first-order chi connectivity index (χ1) is 12.8. The van der Waals surface area contributed by atoms with Gasteiger partial charge in [-0.05, 0) is 65.6 Å². The maximum absolute atomic E-state index is 13.3. The standard InChI is InChI=1S/C21H17FO4S/c1-14-10-17(22)8-9-20(14)16-5-3-7-19(13-16)27(25,26)18-6-2-4-15(11-18)12-21(23)24/h2-11,13H,12H2,1H3,(H,23,24). The third-order valence-corrected chi connectivity index (χ3v) is 5.96. The highest BCUT2D eigenvalue weighted by molar-refractivity contribution is 7.91. The van der Waals surface area contributed by atoms with Gasteiger partial charge in [0.1, 0.15) is 5.82 Å². The lowest BCUT2D eigenvalue weighted by Gasteiger charge is -2.10. The van der Waals surface area contributed by atoms with Crippen LogP contribution >= 0.6 is 0 Å². The van der Waals surface area contributed by atoms with Crippen LogP contribution in [0.15, 0.2) is 76.5 Å². The van der Waals surface area contributed by atoms with Crippen molar-refractivity contribution in [3.05, 3.63) is 83.7 Å². The van der Waals surface area contributed by atoms with E-state index >= 15 is 0 Å². The maximum atomic E-state index is 13.3. The van der Waals surface area contributed by atoms with Gasteiger partial charge in [-0.2, -0.15) is 0 Å². The second-order valence-electron chi connectivity index (χ2n) is 6.21. The van der Waals surface area contributed by atoms with Crippen LogP contribution in [-0.4, -0.2) is 19.5 Å². The van der Waals surface area contributed by atoms with E-state index in [0.29, 0.717) is 16.7 Å². The van der Waals surface area contributed by atoms with E-state index < -0.39 is 15.8 Å². The molecule has 0 aliphatic carbocycles. The fraction of sp³-hybridized carbons (Fsp3) is 0.0952. The number of halogens is 1. The lowest BCUT2D eigenvalue weighted by Crippen LogP contribution is -2.05. The average Bonchev–Trinajstić information content (AvgIpc) is 2.61. The molecule has 138 valence electrons. The highest BCUT2D eigenvalue weighted by Gasteiger charge is 2.19. The van der Waals surface area contributed by atoms with Crippen molar-refractivity contribution < 1.29 is 22.7 Å². The van der Waals surface area contributed by atoms with E-state index in [-0.39, 0.29) is 22.0 Å². The monoisotopic (exact) mass is 384 g/mol. The van der Waals surface area contributed by atoms with Crippen LogP contribution in [0, 0.1) is 12.7 Å². The minimum Gasteiger partial charge on any atom is -0.481 e. The number of carboxylic acid groups (broad SMARTS) is 1. The summed E-state index contributed by atoms with van der Waals surface area (Å²) in [5.41, 5.74) is 2.52. The molecule has 0 saturated carbocycles. The van der Waals surface area contributed by atoms with Crippen molar-refractivity contribution in [2.24, 2.45) is 0 Å². The Bertz CT molecular complexity index is 1120. The van der Waals surface area contributed by atoms with E-state index in [1.165, 1.54) is 36.4 Å². The number of carbonyl (C=O) groups is 1. The number of aryl methyl sites for hydroxylation is 1. The maximum Gasteiger partial charge on any atom is 0.307 e. The molecule has 3 aromatic carbocycles. The molecular formula is C21H17FO4S. The van der Waals surface area contributed by atoms with Crippen LogP contribution in [0.25, 0.3) is 11.1 Å². The molecule has 0 radical (unpaired) electrons. The molecule has 0 aliphatic rings. The Labute approximate surface area is 156 Å². The molecule has 6 heteroatoms. The fourth-order valence-electron chi connectivity index (χ4n) is 2.92. The number of carboxylic acids is 1. The molecule has 0 bridgehead atoms. The van der Waals surface area contributed by atoms with Gasteiger partial charge in [-0.1, -0.05) is 30.3 Å². The SMILES string of the molecule is Cc1cc(F)ccc1-c1cccc(S(=O)(=O)c2cccc(CC(=O)O)c2)c1. The van der Waals surface area contributed by atoms with Crippen molar-refractivity contribution in [1.82, 2.24) is 0 Å². The van der Waals surface area contributed by atoms with Crippen LogP contribution < -0.4 is 0 Å². The number of aliphatic carboxylic acids is 1. The summed E-state index contributed by atoms with van der Waals surface area (Å²) in [6.07, 6.45) is -0.252. The van der Waals surface area contributed by atoms with Gasteiger partial charge in [0.15, 0.2) is 0 Å². The summed E-state index contributed by atoms with van der Waals surface area (Å²) in [4.78, 5) is 11.0. The van der Waals surface area contributed by atoms with E-state index in [9.17, 15) is 17.6 Å². The van der Waals surface area contributed by atoms with E-state index in [1.54, 1.807) is 37.3 Å². The van der Waals surface area contributed by atoms with E-state index in [4.69, 9.17) is 5.11 Å². The minimum absolute atomic E-state index is 0.0363. The van der Waals surface area contributed by atoms with Crippen LogP contribution in [0.4, 0.5) is 4.39 Å². The molecular weight excluding hydrogens is 367 g/mol. The zero-order valence-electron chi connectivity index (χ0n) is 14.5. The van der Waals surface area contributed by atoms with Crippen molar-refractivity contribution >= 4 is 15.8 Å². The van der Waals surface area contributed by atoms with Gasteiger partial charge >= 0.3 is 5.97 Å². The van der Waals surface area contributed by atoms with Gasteiger partial charge in [-0.15, -0.1) is 0 Å². The van der Waals surface area contributed by atoms with E-state index in [1.807, 2.05) is 0 Å². The van der Waals surface area contributed by atoms with E-state index in [0.717, 1.165) is 5.56 Å². The lowest BCUT2D eigenvalue weighted by molar-refractivity contribution is -0.136. The van der Waals surface area contributed by atoms with Crippen LogP contribution in [-0.2, 0) is 21.1 Å². The molecule has 0 fully saturated rings. The van der Waals surface area contributed by atoms with Crippen molar-refractivity contribution in [1.29, 1.82) is 0 Å². The lowest BCUT2D eigenvalue weighted by atomic mass is 10.0. The first kappa shape index (κ1) is 18.8. The van der Waals surface area contributed by atoms with Crippen LogP contribution in [0.3, 0.4) is 0 Å². The molecule has 27 heavy (non-hydrogen) atoms. The van der Waals surface area contributed by atoms with Crippen LogP contribution in [0.2, 0.25) is 0 Å². The van der Waals surface area contributed by atoms with Gasteiger partial charge in [0.2, 0.25) is 9.84 Å². The van der Waals surface area contributed by atoms with Crippen molar-refractivity contribution in [2.45, 2.75) is 23.1 Å². The number of sulfone groups is 1. The summed E-state index contributed by atoms with van der Waals surface area (Å²) in [6.45, 7) is 1.76. The summed E-state index contributed by atoms with van der Waals surface area (Å²) in [5.74, 6) is -1.38. The van der Waals surface area contributed by atoms with Gasteiger partial charge in [0.05, 0.1) is 16.2 Å². The molecule has 1 N–H and O–H groups in total. The second-order valence-corrected chi connectivity index (χ2v) is 8.16. The zero-order valence-corrected chi connectivity index (χ0v) is 15.3. The van der Waals surface area contributed by atoms with Crippen LogP contribution in [0.5, 0.6) is 0 Å². The van der Waals surface area contributed by atoms with Crippen molar-refractivity contribution in [3.8, 4) is 11.1 Å². The van der Waals surface area contributed by atoms with Gasteiger partial charge < -0.3 is 5.11 Å². The molecule has 0 atom stereocenters. The number of hydrogen-bond donors (Lipinski definition) is 1. The first-order valence-electron chi connectivity index (χ1n) is 8.20. The third-order valence-electron chi connectivity index (χ3n) is 4.21. The zero-order chi connectivity index (χ0) is 19.6. The smallest absolute Gasteiger partial charge is 0.307 e. The summed E-state index contributed by atoms with van der Waals surface area (Å²) >= 11 is 0. The molecule has 3 aromatic rings. The topological polar surface area (TPSA) is 71.4 Å². The fourth-order valence-corrected chi connectivity index (χ4v) is 4.29. The average molecular weight is 384 g/mol. The normalized spacial score (nSPS) is 11.3. The van der Waals surface area contributed by atoms with Gasteiger partial charge in [0.25, 0.3) is 0 Å². The predicted octanol–water partition coefficient (Wildman–Crippen LogP) is 4.26. The summed E-state index contributed by atoms with van der Waals surface area (Å²) < 4.78 is 39.3. The number of rotatable bonds is 5. The Kier molecular flexibility index (Phi) is 5.10. The summed E-state index contributed by atoms with van der Waals surface area (Å²) in [6, 6.07) is 16.7. The Morgan fingerprint density at radius 2 is 1.63 bits per heavy atom. The van der Waals surface area contributed by atoms with E-state index in [2.05, 4.69) is 0 Å². The quantitative estimate of drug-likeness (QED) is 0.713. The molecule has 0 spiro atoms. The Hall–Kier alpha value is -2.99.